The molecule has 2 aromatic heterocycles. The van der Waals surface area contributed by atoms with Gasteiger partial charge in [-0.25, -0.2) is 0 Å². The number of halogens is 1. The molecule has 4 aromatic rings. The summed E-state index contributed by atoms with van der Waals surface area (Å²) in [5.41, 5.74) is 2.67. The number of hydrogen-bond donors (Lipinski definition) is 1. The van der Waals surface area contributed by atoms with Crippen LogP contribution in [0.15, 0.2) is 70.3 Å². The van der Waals surface area contributed by atoms with Crippen LogP contribution in [0.25, 0.3) is 16.6 Å². The maximum absolute atomic E-state index is 12.1. The normalized spacial score (nSPS) is 11.1. The van der Waals surface area contributed by atoms with Crippen molar-refractivity contribution in [1.29, 1.82) is 0 Å². The van der Waals surface area contributed by atoms with Crippen LogP contribution < -0.4 is 5.32 Å². The van der Waals surface area contributed by atoms with Gasteiger partial charge in [-0.15, -0.1) is 10.2 Å². The summed E-state index contributed by atoms with van der Waals surface area (Å²) in [7, 11) is 0. The van der Waals surface area contributed by atoms with Crippen molar-refractivity contribution in [1.82, 2.24) is 14.6 Å². The average molecular weight is 427 g/mol. The van der Waals surface area contributed by atoms with Gasteiger partial charge >= 0.3 is 0 Å². The molecule has 0 unspecified atom stereocenters. The van der Waals surface area contributed by atoms with Crippen molar-refractivity contribution < 1.29 is 4.79 Å². The topological polar surface area (TPSA) is 59.3 Å². The first kappa shape index (κ1) is 17.1. The quantitative estimate of drug-likeness (QED) is 0.467. The summed E-state index contributed by atoms with van der Waals surface area (Å²) in [4.78, 5) is 12.1. The molecule has 4 rings (SSSR count). The molecule has 1 amide bonds. The van der Waals surface area contributed by atoms with Crippen LogP contribution in [-0.4, -0.2) is 26.3 Å². The second-order valence-electron chi connectivity index (χ2n) is 5.72. The van der Waals surface area contributed by atoms with Crippen molar-refractivity contribution in [3.05, 3.63) is 65.1 Å². The molecule has 0 radical (unpaired) electrons. The lowest BCUT2D eigenvalue weighted by Crippen LogP contribution is -2.12. The van der Waals surface area contributed by atoms with E-state index >= 15 is 0 Å². The molecule has 1 N–H and O–H groups in total. The molecule has 130 valence electrons. The van der Waals surface area contributed by atoms with Gasteiger partial charge in [-0.1, -0.05) is 45.9 Å². The highest BCUT2D eigenvalue weighted by Crippen LogP contribution is 2.23. The zero-order valence-electron chi connectivity index (χ0n) is 13.7. The fourth-order valence-corrected chi connectivity index (χ4v) is 3.85. The first-order valence-electron chi connectivity index (χ1n) is 8.12. The van der Waals surface area contributed by atoms with Crippen LogP contribution in [0.2, 0.25) is 0 Å². The van der Waals surface area contributed by atoms with E-state index < -0.39 is 0 Å². The number of nitrogens with zero attached hydrogens (tertiary/aromatic N) is 3. The molecule has 5 nitrogen and oxygen atoms in total. The van der Waals surface area contributed by atoms with Crippen LogP contribution in [0.1, 0.15) is 6.42 Å². The molecule has 2 aromatic carbocycles. The molecule has 2 heterocycles. The van der Waals surface area contributed by atoms with Gasteiger partial charge in [0.15, 0.2) is 10.8 Å². The molecular weight excluding hydrogens is 412 g/mol. The Morgan fingerprint density at radius 1 is 1.04 bits per heavy atom. The van der Waals surface area contributed by atoms with Crippen molar-refractivity contribution in [2.24, 2.45) is 0 Å². The van der Waals surface area contributed by atoms with E-state index in [0.717, 1.165) is 31.9 Å². The average Bonchev–Trinajstić information content (AvgIpc) is 3.07. The van der Waals surface area contributed by atoms with Gasteiger partial charge in [-0.2, -0.15) is 0 Å². The van der Waals surface area contributed by atoms with Crippen molar-refractivity contribution in [3.8, 4) is 0 Å². The summed E-state index contributed by atoms with van der Waals surface area (Å²) >= 11 is 4.92. The minimum atomic E-state index is -0.0153. The lowest BCUT2D eigenvalue weighted by molar-refractivity contribution is -0.115. The molecule has 0 bridgehead atoms. The predicted octanol–water partition coefficient (Wildman–Crippen LogP) is 4.77. The Morgan fingerprint density at radius 2 is 1.85 bits per heavy atom. The zero-order chi connectivity index (χ0) is 17.9. The van der Waals surface area contributed by atoms with E-state index in [4.69, 9.17) is 0 Å². The molecule has 0 saturated carbocycles. The number of carbonyl (C=O) groups is 1. The van der Waals surface area contributed by atoms with Crippen LogP contribution in [0.5, 0.6) is 0 Å². The van der Waals surface area contributed by atoms with E-state index in [0.29, 0.717) is 12.2 Å². The third kappa shape index (κ3) is 3.59. The number of hydrogen-bond acceptors (Lipinski definition) is 4. The van der Waals surface area contributed by atoms with Gasteiger partial charge in [-0.05, 0) is 47.9 Å². The minimum Gasteiger partial charge on any atom is -0.326 e. The number of nitrogens with one attached hydrogen (secondary N) is 1. The molecular formula is C19H15BrN4OS. The number of pyridine rings is 1. The lowest BCUT2D eigenvalue weighted by Gasteiger charge is -2.06. The maximum Gasteiger partial charge on any atom is 0.225 e. The second kappa shape index (κ2) is 7.47. The van der Waals surface area contributed by atoms with Crippen LogP contribution in [0, 0.1) is 0 Å². The van der Waals surface area contributed by atoms with E-state index in [9.17, 15) is 4.79 Å². The number of benzene rings is 2. The Morgan fingerprint density at radius 3 is 2.69 bits per heavy atom. The van der Waals surface area contributed by atoms with Crippen LogP contribution in [0.3, 0.4) is 0 Å². The molecule has 0 fully saturated rings. The third-order valence-electron chi connectivity index (χ3n) is 3.94. The van der Waals surface area contributed by atoms with Crippen LogP contribution in [-0.2, 0) is 4.79 Å². The number of aromatic nitrogens is 3. The third-order valence-corrected chi connectivity index (χ3v) is 5.40. The Labute approximate surface area is 162 Å². The van der Waals surface area contributed by atoms with Crippen molar-refractivity contribution in [2.75, 3.05) is 11.1 Å². The Balaban J connectivity index is 1.44. The Kier molecular flexibility index (Phi) is 4.90. The summed E-state index contributed by atoms with van der Waals surface area (Å²) in [6, 6.07) is 19.7. The molecule has 7 heteroatoms. The molecule has 26 heavy (non-hydrogen) atoms. The number of thioether (sulfide) groups is 1. The van der Waals surface area contributed by atoms with Gasteiger partial charge in [0.1, 0.15) is 0 Å². The molecule has 0 aliphatic rings. The van der Waals surface area contributed by atoms with Crippen molar-refractivity contribution in [3.63, 3.8) is 0 Å². The number of rotatable bonds is 5. The maximum atomic E-state index is 12.1. The zero-order valence-corrected chi connectivity index (χ0v) is 16.1. The van der Waals surface area contributed by atoms with Gasteiger partial charge in [0, 0.05) is 22.3 Å². The molecule has 0 aliphatic carbocycles. The highest BCUT2D eigenvalue weighted by Gasteiger charge is 2.10. The first-order chi connectivity index (χ1) is 12.7. The summed E-state index contributed by atoms with van der Waals surface area (Å²) in [6.45, 7) is 0. The molecule has 0 saturated heterocycles. The van der Waals surface area contributed by atoms with Crippen LogP contribution in [0.4, 0.5) is 5.69 Å². The second-order valence-corrected chi connectivity index (χ2v) is 7.70. The SMILES string of the molecule is O=C(CCSc1nnc2ccc3ccccc3n12)Nc1ccc(Br)cc1. The van der Waals surface area contributed by atoms with E-state index in [1.807, 2.05) is 52.9 Å². The first-order valence-corrected chi connectivity index (χ1v) is 9.90. The van der Waals surface area contributed by atoms with Crippen LogP contribution >= 0.6 is 27.7 Å². The number of para-hydroxylation sites is 1. The summed E-state index contributed by atoms with van der Waals surface area (Å²) in [5, 5.41) is 13.3. The van der Waals surface area contributed by atoms with Crippen molar-refractivity contribution >= 4 is 55.8 Å². The molecule has 0 aliphatic heterocycles. The highest BCUT2D eigenvalue weighted by atomic mass is 79.9. The molecule has 0 spiro atoms. The summed E-state index contributed by atoms with van der Waals surface area (Å²) in [5.74, 6) is 0.616. The summed E-state index contributed by atoms with van der Waals surface area (Å²) < 4.78 is 3.02. The number of anilines is 1. The fourth-order valence-electron chi connectivity index (χ4n) is 2.70. The highest BCUT2D eigenvalue weighted by molar-refractivity contribution is 9.10. The Hall–Kier alpha value is -2.38. The number of carbonyl (C=O) groups excluding carboxylic acids is 1. The van der Waals surface area contributed by atoms with Gasteiger partial charge in [0.2, 0.25) is 5.91 Å². The van der Waals surface area contributed by atoms with Gasteiger partial charge < -0.3 is 5.32 Å². The monoisotopic (exact) mass is 426 g/mol. The van der Waals surface area contributed by atoms with Gasteiger partial charge in [-0.3, -0.25) is 9.20 Å². The van der Waals surface area contributed by atoms with E-state index in [-0.39, 0.29) is 5.91 Å². The van der Waals surface area contributed by atoms with Gasteiger partial charge in [0.25, 0.3) is 0 Å². The summed E-state index contributed by atoms with van der Waals surface area (Å²) in [6.07, 6.45) is 0.403. The standard InChI is InChI=1S/C19H15BrN4OS/c20-14-6-8-15(9-7-14)21-18(25)11-12-26-19-23-22-17-10-5-13-3-1-2-4-16(13)24(17)19/h1-10H,11-12H2,(H,21,25). The lowest BCUT2D eigenvalue weighted by atomic mass is 10.2. The van der Waals surface area contributed by atoms with E-state index in [1.165, 1.54) is 11.8 Å². The van der Waals surface area contributed by atoms with E-state index in [2.05, 4.69) is 43.6 Å². The number of amides is 1. The van der Waals surface area contributed by atoms with E-state index in [1.54, 1.807) is 0 Å². The largest absolute Gasteiger partial charge is 0.326 e. The minimum absolute atomic E-state index is 0.0153. The number of fused-ring (bicyclic) bond motifs is 3. The molecule has 0 atom stereocenters. The van der Waals surface area contributed by atoms with Gasteiger partial charge in [0.05, 0.1) is 5.52 Å². The predicted molar refractivity (Wildman–Crippen MR) is 109 cm³/mol. The fraction of sp³-hybridized carbons (Fsp3) is 0.105. The van der Waals surface area contributed by atoms with Crippen molar-refractivity contribution in [2.45, 2.75) is 11.6 Å². The Bertz CT molecular complexity index is 1080. The smallest absolute Gasteiger partial charge is 0.225 e.